The fourth-order valence-corrected chi connectivity index (χ4v) is 3.20. The summed E-state index contributed by atoms with van der Waals surface area (Å²) in [6.45, 7) is 8.80. The summed E-state index contributed by atoms with van der Waals surface area (Å²) in [5.41, 5.74) is -0.0311. The van der Waals surface area contributed by atoms with Crippen molar-refractivity contribution in [3.8, 4) is 0 Å². The highest BCUT2D eigenvalue weighted by Gasteiger charge is 2.43. The Bertz CT molecular complexity index is 395. The van der Waals surface area contributed by atoms with Gasteiger partial charge in [-0.3, -0.25) is 4.84 Å². The van der Waals surface area contributed by atoms with Crippen molar-refractivity contribution in [3.63, 3.8) is 0 Å². The van der Waals surface area contributed by atoms with E-state index in [4.69, 9.17) is 9.25 Å². The van der Waals surface area contributed by atoms with Crippen molar-refractivity contribution in [1.82, 2.24) is 5.06 Å². The van der Waals surface area contributed by atoms with E-state index in [1.807, 2.05) is 12.1 Å². The molecule has 1 atom stereocenters. The monoisotopic (exact) mass is 281 g/mol. The summed E-state index contributed by atoms with van der Waals surface area (Å²) in [4.78, 5) is 6.17. The van der Waals surface area contributed by atoms with Gasteiger partial charge in [-0.1, -0.05) is 0 Å². The lowest BCUT2D eigenvalue weighted by atomic mass is 9.82. The Morgan fingerprint density at radius 2 is 1.95 bits per heavy atom. The van der Waals surface area contributed by atoms with Crippen molar-refractivity contribution < 1.29 is 14.4 Å². The summed E-state index contributed by atoms with van der Waals surface area (Å²) in [6, 6.07) is 3.77. The third-order valence-electron chi connectivity index (χ3n) is 4.14. The van der Waals surface area contributed by atoms with Gasteiger partial charge in [0.2, 0.25) is 0 Å². The number of hydrogen-bond acceptors (Lipinski definition) is 4. The standard InChI is InChI=1S/C16H27NO3/c1-15(2)8-6-9-16(3,4)17(15)20-14(12-18)11-13-7-5-10-19-13/h5,7,10,14,18H,6,8-9,11-12H2,1-4H3/t14-/m0/s1. The van der Waals surface area contributed by atoms with Crippen molar-refractivity contribution in [2.24, 2.45) is 0 Å². The summed E-state index contributed by atoms with van der Waals surface area (Å²) in [5.74, 6) is 0.844. The number of aliphatic hydroxyl groups excluding tert-OH is 1. The molecule has 2 heterocycles. The van der Waals surface area contributed by atoms with Gasteiger partial charge in [-0.15, -0.1) is 0 Å². The van der Waals surface area contributed by atoms with Crippen LogP contribution >= 0.6 is 0 Å². The van der Waals surface area contributed by atoms with E-state index in [0.29, 0.717) is 6.42 Å². The first-order chi connectivity index (χ1) is 9.35. The summed E-state index contributed by atoms with van der Waals surface area (Å²) in [7, 11) is 0. The van der Waals surface area contributed by atoms with Gasteiger partial charge in [-0.05, 0) is 59.1 Å². The van der Waals surface area contributed by atoms with E-state index in [9.17, 15) is 5.11 Å². The van der Waals surface area contributed by atoms with Gasteiger partial charge in [0.25, 0.3) is 0 Å². The molecule has 1 aliphatic rings. The molecule has 114 valence electrons. The predicted octanol–water partition coefficient (Wildman–Crippen LogP) is 3.16. The zero-order valence-corrected chi connectivity index (χ0v) is 13.1. The highest BCUT2D eigenvalue weighted by Crippen LogP contribution is 2.38. The average Bonchev–Trinajstić information content (AvgIpc) is 2.84. The first-order valence-electron chi connectivity index (χ1n) is 7.45. The summed E-state index contributed by atoms with van der Waals surface area (Å²) >= 11 is 0. The second-order valence-electron chi connectivity index (χ2n) is 6.97. The lowest BCUT2D eigenvalue weighted by Gasteiger charge is -2.52. The van der Waals surface area contributed by atoms with E-state index in [1.165, 1.54) is 6.42 Å². The molecule has 0 saturated carbocycles. The Labute approximate surface area is 121 Å². The third kappa shape index (κ3) is 3.43. The van der Waals surface area contributed by atoms with Crippen LogP contribution in [0, 0.1) is 0 Å². The van der Waals surface area contributed by atoms with Crippen LogP contribution in [0.1, 0.15) is 52.7 Å². The molecule has 20 heavy (non-hydrogen) atoms. The molecule has 1 N–H and O–H groups in total. The Balaban J connectivity index is 2.07. The maximum atomic E-state index is 9.60. The third-order valence-corrected chi connectivity index (χ3v) is 4.14. The number of piperidine rings is 1. The Morgan fingerprint density at radius 3 is 2.45 bits per heavy atom. The zero-order valence-electron chi connectivity index (χ0n) is 13.1. The van der Waals surface area contributed by atoms with Crippen LogP contribution in [-0.2, 0) is 11.3 Å². The van der Waals surface area contributed by atoms with Gasteiger partial charge in [0, 0.05) is 17.5 Å². The lowest BCUT2D eigenvalue weighted by Crippen LogP contribution is -2.59. The van der Waals surface area contributed by atoms with Crippen molar-refractivity contribution in [1.29, 1.82) is 0 Å². The zero-order chi connectivity index (χ0) is 14.8. The number of hydroxylamine groups is 2. The van der Waals surface area contributed by atoms with Gasteiger partial charge < -0.3 is 9.52 Å². The first kappa shape index (κ1) is 15.5. The molecule has 4 nitrogen and oxygen atoms in total. The molecule has 0 radical (unpaired) electrons. The van der Waals surface area contributed by atoms with Crippen LogP contribution in [0.5, 0.6) is 0 Å². The molecule has 1 aliphatic heterocycles. The molecule has 0 bridgehead atoms. The Hall–Kier alpha value is -0.840. The topological polar surface area (TPSA) is 45.8 Å². The van der Waals surface area contributed by atoms with Crippen LogP contribution in [0.25, 0.3) is 0 Å². The number of hydrogen-bond donors (Lipinski definition) is 1. The smallest absolute Gasteiger partial charge is 0.109 e. The molecule has 1 aromatic heterocycles. The van der Waals surface area contributed by atoms with Crippen LogP contribution in [0.2, 0.25) is 0 Å². The summed E-state index contributed by atoms with van der Waals surface area (Å²) in [5, 5.41) is 11.7. The van der Waals surface area contributed by atoms with Crippen LogP contribution in [0.15, 0.2) is 22.8 Å². The van der Waals surface area contributed by atoms with E-state index in [1.54, 1.807) is 6.26 Å². The fourth-order valence-electron chi connectivity index (χ4n) is 3.20. The average molecular weight is 281 g/mol. The number of furan rings is 1. The lowest BCUT2D eigenvalue weighted by molar-refractivity contribution is -0.308. The molecular formula is C16H27NO3. The minimum Gasteiger partial charge on any atom is -0.469 e. The van der Waals surface area contributed by atoms with Gasteiger partial charge in [0.05, 0.1) is 12.9 Å². The molecule has 1 fully saturated rings. The normalized spacial score (nSPS) is 23.6. The maximum absolute atomic E-state index is 9.60. The molecule has 1 saturated heterocycles. The van der Waals surface area contributed by atoms with E-state index < -0.39 is 0 Å². The van der Waals surface area contributed by atoms with E-state index in [0.717, 1.165) is 18.6 Å². The summed E-state index contributed by atoms with van der Waals surface area (Å²) < 4.78 is 5.35. The van der Waals surface area contributed by atoms with Gasteiger partial charge >= 0.3 is 0 Å². The molecule has 2 rings (SSSR count). The molecule has 0 aliphatic carbocycles. The molecular weight excluding hydrogens is 254 g/mol. The maximum Gasteiger partial charge on any atom is 0.109 e. The first-order valence-corrected chi connectivity index (χ1v) is 7.45. The number of rotatable bonds is 5. The Morgan fingerprint density at radius 1 is 1.30 bits per heavy atom. The molecule has 1 aromatic rings. The molecule has 4 heteroatoms. The van der Waals surface area contributed by atoms with Crippen LogP contribution < -0.4 is 0 Å². The summed E-state index contributed by atoms with van der Waals surface area (Å²) in [6.07, 6.45) is 5.40. The van der Waals surface area contributed by atoms with Crippen molar-refractivity contribution in [2.75, 3.05) is 6.61 Å². The van der Waals surface area contributed by atoms with Gasteiger partial charge in [-0.25, -0.2) is 0 Å². The highest BCUT2D eigenvalue weighted by atomic mass is 16.7. The molecule has 0 aromatic carbocycles. The van der Waals surface area contributed by atoms with Crippen molar-refractivity contribution in [2.45, 2.75) is 70.6 Å². The number of aliphatic hydroxyl groups is 1. The van der Waals surface area contributed by atoms with E-state index >= 15 is 0 Å². The minimum absolute atomic E-state index is 0.0106. The van der Waals surface area contributed by atoms with Crippen LogP contribution in [0.4, 0.5) is 0 Å². The van der Waals surface area contributed by atoms with Gasteiger partial charge in [-0.2, -0.15) is 5.06 Å². The van der Waals surface area contributed by atoms with Crippen molar-refractivity contribution >= 4 is 0 Å². The van der Waals surface area contributed by atoms with Gasteiger partial charge in [0.1, 0.15) is 11.9 Å². The largest absolute Gasteiger partial charge is 0.469 e. The Kier molecular flexibility index (Phi) is 4.57. The van der Waals surface area contributed by atoms with E-state index in [2.05, 4.69) is 32.8 Å². The van der Waals surface area contributed by atoms with Gasteiger partial charge in [0.15, 0.2) is 0 Å². The second-order valence-corrected chi connectivity index (χ2v) is 6.97. The van der Waals surface area contributed by atoms with E-state index in [-0.39, 0.29) is 23.8 Å². The highest BCUT2D eigenvalue weighted by molar-refractivity contribution is 5.00. The quantitative estimate of drug-likeness (QED) is 0.900. The van der Waals surface area contributed by atoms with Crippen LogP contribution in [0.3, 0.4) is 0 Å². The molecule has 0 spiro atoms. The molecule has 0 amide bonds. The minimum atomic E-state index is -0.266. The van der Waals surface area contributed by atoms with Crippen LogP contribution in [-0.4, -0.2) is 34.0 Å². The SMILES string of the molecule is CC1(C)CCCC(C)(C)N1O[C@H](CO)Cc1ccco1. The van der Waals surface area contributed by atoms with Crippen molar-refractivity contribution in [3.05, 3.63) is 24.2 Å². The number of nitrogens with zero attached hydrogens (tertiary/aromatic N) is 1. The second kappa shape index (κ2) is 5.88. The molecule has 0 unspecified atom stereocenters. The predicted molar refractivity (Wildman–Crippen MR) is 78.2 cm³/mol. The fraction of sp³-hybridized carbons (Fsp3) is 0.750.